The van der Waals surface area contributed by atoms with Gasteiger partial charge in [-0.3, -0.25) is 5.41 Å². The van der Waals surface area contributed by atoms with Crippen molar-refractivity contribution < 1.29 is 14.6 Å². The first-order chi connectivity index (χ1) is 17.7. The van der Waals surface area contributed by atoms with E-state index in [1.165, 1.54) is 12.5 Å². The number of carboxylic acid groups (broad SMARTS) is 1. The quantitative estimate of drug-likeness (QED) is 0.340. The van der Waals surface area contributed by atoms with Gasteiger partial charge >= 0.3 is 5.97 Å². The highest BCUT2D eigenvalue weighted by molar-refractivity contribution is 6.05. The molecule has 1 saturated carbocycles. The summed E-state index contributed by atoms with van der Waals surface area (Å²) < 4.78 is 5.80. The molecule has 2 aromatic rings. The SMILES string of the molecule is CC(C)OC(=N)c1c(-c2ccc(C3(C#N)CCN(C)CC3)cc2)cc(C(=O)O)nc1NC1CCCCC1. The lowest BCUT2D eigenvalue weighted by atomic mass is 9.74. The topological polar surface area (TPSA) is 122 Å². The molecule has 0 atom stereocenters. The van der Waals surface area contributed by atoms with E-state index < -0.39 is 11.4 Å². The van der Waals surface area contributed by atoms with Crippen LogP contribution in [0.15, 0.2) is 30.3 Å². The Labute approximate surface area is 219 Å². The molecule has 2 fully saturated rings. The van der Waals surface area contributed by atoms with Gasteiger partial charge in [-0.05, 0) is 76.9 Å². The predicted octanol–water partition coefficient (Wildman–Crippen LogP) is 5.43. The number of rotatable bonds is 7. The van der Waals surface area contributed by atoms with Gasteiger partial charge in [0.05, 0.1) is 23.2 Å². The van der Waals surface area contributed by atoms with E-state index in [9.17, 15) is 15.2 Å². The van der Waals surface area contributed by atoms with Gasteiger partial charge in [-0.1, -0.05) is 43.5 Å². The van der Waals surface area contributed by atoms with Crippen molar-refractivity contribution in [1.82, 2.24) is 9.88 Å². The summed E-state index contributed by atoms with van der Waals surface area (Å²) in [6, 6.07) is 12.0. The third kappa shape index (κ3) is 5.94. The number of piperidine rings is 1. The lowest BCUT2D eigenvalue weighted by Crippen LogP contribution is -2.39. The molecule has 1 aliphatic carbocycles. The Morgan fingerprint density at radius 1 is 1.22 bits per heavy atom. The molecule has 1 aromatic carbocycles. The maximum atomic E-state index is 12.0. The van der Waals surface area contributed by atoms with Gasteiger partial charge in [-0.2, -0.15) is 5.26 Å². The summed E-state index contributed by atoms with van der Waals surface area (Å²) >= 11 is 0. The number of anilines is 1. The molecule has 1 aromatic heterocycles. The van der Waals surface area contributed by atoms with Gasteiger partial charge in [0.1, 0.15) is 5.82 Å². The smallest absolute Gasteiger partial charge is 0.354 e. The molecule has 3 N–H and O–H groups in total. The summed E-state index contributed by atoms with van der Waals surface area (Å²) in [6.07, 6.45) is 6.68. The largest absolute Gasteiger partial charge is 0.477 e. The fraction of sp³-hybridized carbons (Fsp3) is 0.517. The standard InChI is InChI=1S/C29H37N5O3/c1-19(2)37-26(31)25-23(17-24(28(35)36)33-27(25)32-22-7-5-4-6-8-22)20-9-11-21(12-10-20)29(18-30)13-15-34(3)16-14-29/h9-12,17,19,22,31H,4-8,13-16H2,1-3H3,(H,32,33)(H,35,36). The molecule has 8 heteroatoms. The maximum Gasteiger partial charge on any atom is 0.354 e. The maximum absolute atomic E-state index is 12.0. The first-order valence-corrected chi connectivity index (χ1v) is 13.2. The third-order valence-electron chi connectivity index (χ3n) is 7.57. The molecule has 4 rings (SSSR count). The highest BCUT2D eigenvalue weighted by Crippen LogP contribution is 2.37. The molecular weight excluding hydrogens is 466 g/mol. The number of nitriles is 1. The van der Waals surface area contributed by atoms with Crippen LogP contribution in [0, 0.1) is 16.7 Å². The molecule has 37 heavy (non-hydrogen) atoms. The summed E-state index contributed by atoms with van der Waals surface area (Å²) in [5, 5.41) is 32.1. The number of hydrogen-bond donors (Lipinski definition) is 3. The molecule has 1 saturated heterocycles. The summed E-state index contributed by atoms with van der Waals surface area (Å²) in [4.78, 5) is 18.7. The molecule has 0 amide bonds. The molecule has 2 aliphatic rings. The molecule has 0 unspecified atom stereocenters. The van der Waals surface area contributed by atoms with Gasteiger partial charge in [-0.15, -0.1) is 0 Å². The van der Waals surface area contributed by atoms with Crippen LogP contribution in [0.1, 0.15) is 80.4 Å². The fourth-order valence-electron chi connectivity index (χ4n) is 5.39. The van der Waals surface area contributed by atoms with Gasteiger partial charge < -0.3 is 20.1 Å². The molecule has 0 spiro atoms. The Morgan fingerprint density at radius 3 is 2.43 bits per heavy atom. The second kappa shape index (κ2) is 11.3. The number of ether oxygens (including phenoxy) is 1. The van der Waals surface area contributed by atoms with Crippen molar-refractivity contribution in [3.8, 4) is 17.2 Å². The summed E-state index contributed by atoms with van der Waals surface area (Å²) in [5.74, 6) is -0.789. The van der Waals surface area contributed by atoms with Gasteiger partial charge in [0.15, 0.2) is 5.69 Å². The van der Waals surface area contributed by atoms with Gasteiger partial charge in [-0.25, -0.2) is 9.78 Å². The highest BCUT2D eigenvalue weighted by Gasteiger charge is 2.35. The van der Waals surface area contributed by atoms with Crippen LogP contribution >= 0.6 is 0 Å². The van der Waals surface area contributed by atoms with E-state index in [0.717, 1.165) is 62.7 Å². The van der Waals surface area contributed by atoms with Gasteiger partial charge in [0, 0.05) is 11.6 Å². The number of benzene rings is 1. The molecule has 196 valence electrons. The van der Waals surface area contributed by atoms with Crippen LogP contribution in [0.4, 0.5) is 5.82 Å². The number of carbonyl (C=O) groups is 1. The van der Waals surface area contributed by atoms with Crippen molar-refractivity contribution >= 4 is 17.7 Å². The minimum atomic E-state index is -1.12. The summed E-state index contributed by atoms with van der Waals surface area (Å²) in [7, 11) is 2.07. The van der Waals surface area contributed by atoms with Crippen LogP contribution in [0.25, 0.3) is 11.1 Å². The molecule has 0 bridgehead atoms. The third-order valence-corrected chi connectivity index (χ3v) is 7.57. The van der Waals surface area contributed by atoms with Crippen LogP contribution in [0.2, 0.25) is 0 Å². The zero-order valence-corrected chi connectivity index (χ0v) is 22.0. The molecular formula is C29H37N5O3. The summed E-state index contributed by atoms with van der Waals surface area (Å²) in [6.45, 7) is 5.45. The number of aromatic nitrogens is 1. The molecule has 2 heterocycles. The predicted molar refractivity (Wildman–Crippen MR) is 144 cm³/mol. The van der Waals surface area contributed by atoms with E-state index in [1.54, 1.807) is 0 Å². The van der Waals surface area contributed by atoms with Crippen LogP contribution in [0.5, 0.6) is 0 Å². The first kappa shape index (κ1) is 26.6. The summed E-state index contributed by atoms with van der Waals surface area (Å²) in [5.41, 5.74) is 2.16. The minimum Gasteiger partial charge on any atom is -0.477 e. The molecule has 8 nitrogen and oxygen atoms in total. The van der Waals surface area contributed by atoms with E-state index in [0.29, 0.717) is 16.9 Å². The lowest BCUT2D eigenvalue weighted by Gasteiger charge is -2.36. The Bertz CT molecular complexity index is 1170. The Balaban J connectivity index is 1.79. The number of hydrogen-bond acceptors (Lipinski definition) is 7. The number of carboxylic acids is 1. The van der Waals surface area contributed by atoms with Crippen LogP contribution in [-0.2, 0) is 10.2 Å². The normalized spacial score (nSPS) is 18.2. The Hall–Kier alpha value is -3.44. The Morgan fingerprint density at radius 2 is 1.86 bits per heavy atom. The van der Waals surface area contributed by atoms with Crippen LogP contribution in [-0.4, -0.2) is 59.1 Å². The van der Waals surface area contributed by atoms with Crippen molar-refractivity contribution in [3.05, 3.63) is 47.2 Å². The lowest BCUT2D eigenvalue weighted by molar-refractivity contribution is 0.0690. The van der Waals surface area contributed by atoms with Crippen molar-refractivity contribution in [2.75, 3.05) is 25.5 Å². The van der Waals surface area contributed by atoms with E-state index in [-0.39, 0.29) is 23.7 Å². The van der Waals surface area contributed by atoms with Gasteiger partial charge in [0.25, 0.3) is 0 Å². The van der Waals surface area contributed by atoms with Crippen molar-refractivity contribution in [2.45, 2.75) is 76.4 Å². The number of nitrogens with one attached hydrogen (secondary N) is 2. The second-order valence-electron chi connectivity index (χ2n) is 10.6. The number of aromatic carboxylic acids is 1. The second-order valence-corrected chi connectivity index (χ2v) is 10.6. The zero-order chi connectivity index (χ0) is 26.6. The molecule has 0 radical (unpaired) electrons. The number of nitrogens with zero attached hydrogens (tertiary/aromatic N) is 3. The Kier molecular flexibility index (Phi) is 8.13. The van der Waals surface area contributed by atoms with Crippen molar-refractivity contribution in [3.63, 3.8) is 0 Å². The molecule has 1 aliphatic heterocycles. The van der Waals surface area contributed by atoms with Crippen LogP contribution < -0.4 is 5.32 Å². The van der Waals surface area contributed by atoms with Crippen molar-refractivity contribution in [2.24, 2.45) is 0 Å². The van der Waals surface area contributed by atoms with E-state index in [1.807, 2.05) is 38.1 Å². The average molecular weight is 504 g/mol. The monoisotopic (exact) mass is 503 g/mol. The van der Waals surface area contributed by atoms with Gasteiger partial charge in [0.2, 0.25) is 5.90 Å². The first-order valence-electron chi connectivity index (χ1n) is 13.2. The highest BCUT2D eigenvalue weighted by atomic mass is 16.5. The van der Waals surface area contributed by atoms with E-state index >= 15 is 0 Å². The fourth-order valence-corrected chi connectivity index (χ4v) is 5.39. The van der Waals surface area contributed by atoms with Crippen molar-refractivity contribution in [1.29, 1.82) is 10.7 Å². The van der Waals surface area contributed by atoms with Crippen LogP contribution in [0.3, 0.4) is 0 Å². The minimum absolute atomic E-state index is 0.0411. The zero-order valence-electron chi connectivity index (χ0n) is 22.0. The number of likely N-dealkylation sites (tertiary alicyclic amines) is 1. The van der Waals surface area contributed by atoms with E-state index in [2.05, 4.69) is 28.3 Å². The average Bonchev–Trinajstić information content (AvgIpc) is 2.89. The van der Waals surface area contributed by atoms with E-state index in [4.69, 9.17) is 10.1 Å². The number of pyridine rings is 1.